The molecule has 35 heavy (non-hydrogen) atoms. The molecule has 2 aromatic heterocycles. The Morgan fingerprint density at radius 2 is 1.57 bits per heavy atom. The molecule has 3 aromatic rings. The maximum absolute atomic E-state index is 12.5. The normalized spacial score (nSPS) is 10.7. The summed E-state index contributed by atoms with van der Waals surface area (Å²) >= 11 is 0. The molecule has 0 fully saturated rings. The molecule has 2 heterocycles. The lowest BCUT2D eigenvalue weighted by molar-refractivity contribution is -0.128. The van der Waals surface area contributed by atoms with Gasteiger partial charge in [-0.15, -0.1) is 0 Å². The molecule has 0 unspecified atom stereocenters. The lowest BCUT2D eigenvalue weighted by Crippen LogP contribution is -2.04. The van der Waals surface area contributed by atoms with E-state index in [0.717, 1.165) is 25.7 Å². The van der Waals surface area contributed by atoms with Crippen LogP contribution in [0.4, 0.5) is 0 Å². The number of nitriles is 1. The molecule has 0 amide bonds. The van der Waals surface area contributed by atoms with Crippen molar-refractivity contribution in [2.75, 3.05) is 13.2 Å². The number of aromatic nitrogens is 1. The van der Waals surface area contributed by atoms with E-state index < -0.39 is 5.63 Å². The minimum atomic E-state index is -0.496. The number of benzene rings is 1. The molecule has 0 aliphatic carbocycles. The Kier molecular flexibility index (Phi) is 10.8. The van der Waals surface area contributed by atoms with Crippen LogP contribution in [0.3, 0.4) is 0 Å². The zero-order valence-corrected chi connectivity index (χ0v) is 20.0. The zero-order valence-electron chi connectivity index (χ0n) is 20.0. The molecule has 0 spiro atoms. The summed E-state index contributed by atoms with van der Waals surface area (Å²) in [7, 11) is 0. The van der Waals surface area contributed by atoms with E-state index in [2.05, 4.69) is 15.8 Å². The van der Waals surface area contributed by atoms with Crippen LogP contribution in [0.5, 0.6) is 5.88 Å². The summed E-state index contributed by atoms with van der Waals surface area (Å²) in [5, 5.41) is 9.79. The minimum absolute atomic E-state index is 0.240. The van der Waals surface area contributed by atoms with E-state index in [-0.39, 0.29) is 5.71 Å². The fourth-order valence-corrected chi connectivity index (χ4v) is 3.95. The maximum atomic E-state index is 12.5. The molecular formula is C28H32N2O5. The number of carbonyl (C=O) groups is 1. The number of nitrogens with zero attached hydrogens (tertiary/aromatic N) is 2. The highest BCUT2D eigenvalue weighted by Crippen LogP contribution is 2.23. The summed E-state index contributed by atoms with van der Waals surface area (Å²) in [6, 6.07) is 14.3. The van der Waals surface area contributed by atoms with Crippen molar-refractivity contribution in [2.45, 2.75) is 64.2 Å². The fraction of sp³-hybridized carbons (Fsp3) is 0.429. The van der Waals surface area contributed by atoms with Gasteiger partial charge in [0, 0.05) is 11.5 Å². The van der Waals surface area contributed by atoms with Crippen LogP contribution in [0.25, 0.3) is 22.2 Å². The third-order valence-corrected chi connectivity index (χ3v) is 5.85. The number of unbranched alkanes of at least 4 members (excludes halogenated alkanes) is 9. The standard InChI is InChI=1S/C28H32N2O5/c29-20-22-12-11-13-23(18-22)25-19-24-14-15-26(30-27(24)35-28(25)32)34-17-10-8-6-4-2-1-3-5-7-9-16-33-21-31/h11-15,18-19,21H,1-10,16-17H2. The molecule has 0 aliphatic heterocycles. The van der Waals surface area contributed by atoms with Crippen molar-refractivity contribution in [1.82, 2.24) is 4.98 Å². The van der Waals surface area contributed by atoms with Gasteiger partial charge < -0.3 is 13.9 Å². The first kappa shape index (κ1) is 26.0. The summed E-state index contributed by atoms with van der Waals surface area (Å²) in [5.41, 5.74) is 1.27. The number of fused-ring (bicyclic) bond motifs is 1. The largest absolute Gasteiger partial charge is 0.478 e. The second-order valence-electron chi connectivity index (χ2n) is 8.54. The Balaban J connectivity index is 1.36. The van der Waals surface area contributed by atoms with Crippen molar-refractivity contribution < 1.29 is 18.7 Å². The molecule has 0 atom stereocenters. The summed E-state index contributed by atoms with van der Waals surface area (Å²) in [6.07, 6.45) is 11.5. The third-order valence-electron chi connectivity index (χ3n) is 5.85. The van der Waals surface area contributed by atoms with Crippen molar-refractivity contribution in [3.05, 3.63) is 58.4 Å². The molecule has 0 N–H and O–H groups in total. The molecule has 7 heteroatoms. The van der Waals surface area contributed by atoms with Crippen molar-refractivity contribution >= 4 is 17.6 Å². The summed E-state index contributed by atoms with van der Waals surface area (Å²) in [5.74, 6) is 0.443. The molecule has 0 saturated heterocycles. The molecule has 184 valence electrons. The Bertz CT molecular complexity index is 1180. The van der Waals surface area contributed by atoms with E-state index in [1.165, 1.54) is 38.5 Å². The average molecular weight is 477 g/mol. The fourth-order valence-electron chi connectivity index (χ4n) is 3.95. The maximum Gasteiger partial charge on any atom is 0.345 e. The Hall–Kier alpha value is -3.66. The molecule has 1 aromatic carbocycles. The van der Waals surface area contributed by atoms with Crippen molar-refractivity contribution in [3.8, 4) is 23.1 Å². The third kappa shape index (κ3) is 8.56. The van der Waals surface area contributed by atoms with Gasteiger partial charge in [-0.1, -0.05) is 63.5 Å². The van der Waals surface area contributed by atoms with Crippen LogP contribution in [0.1, 0.15) is 69.8 Å². The lowest BCUT2D eigenvalue weighted by Gasteiger charge is -2.07. The van der Waals surface area contributed by atoms with Gasteiger partial charge in [0.05, 0.1) is 30.4 Å². The van der Waals surface area contributed by atoms with Crippen LogP contribution < -0.4 is 10.4 Å². The summed E-state index contributed by atoms with van der Waals surface area (Å²) in [4.78, 5) is 26.9. The average Bonchev–Trinajstić information content (AvgIpc) is 2.88. The van der Waals surface area contributed by atoms with E-state index in [1.54, 1.807) is 36.4 Å². The van der Waals surface area contributed by atoms with E-state index >= 15 is 0 Å². The SMILES string of the molecule is N#Cc1cccc(-c2cc3ccc(OCCCCCCCCCCCCOC=O)nc3oc2=O)c1. The first-order chi connectivity index (χ1) is 17.2. The highest BCUT2D eigenvalue weighted by Gasteiger charge is 2.10. The first-order valence-corrected chi connectivity index (χ1v) is 12.3. The predicted octanol–water partition coefficient (Wildman–Crippen LogP) is 6.18. The quantitative estimate of drug-likeness (QED) is 0.180. The molecular weight excluding hydrogens is 444 g/mol. The smallest absolute Gasteiger partial charge is 0.345 e. The van der Waals surface area contributed by atoms with Gasteiger partial charge >= 0.3 is 5.63 Å². The Morgan fingerprint density at radius 1 is 0.886 bits per heavy atom. The minimum Gasteiger partial charge on any atom is -0.478 e. The summed E-state index contributed by atoms with van der Waals surface area (Å²) in [6.45, 7) is 1.62. The molecule has 0 aliphatic rings. The number of hydrogen-bond donors (Lipinski definition) is 0. The zero-order chi connectivity index (χ0) is 24.7. The molecule has 3 rings (SSSR count). The van der Waals surface area contributed by atoms with Gasteiger partial charge in [-0.05, 0) is 42.7 Å². The molecule has 7 nitrogen and oxygen atoms in total. The van der Waals surface area contributed by atoms with Gasteiger partial charge in [0.2, 0.25) is 11.6 Å². The van der Waals surface area contributed by atoms with Gasteiger partial charge in [0.1, 0.15) is 0 Å². The van der Waals surface area contributed by atoms with E-state index in [4.69, 9.17) is 14.4 Å². The molecule has 0 saturated carbocycles. The van der Waals surface area contributed by atoms with Gasteiger partial charge in [0.25, 0.3) is 6.47 Å². The van der Waals surface area contributed by atoms with Crippen LogP contribution in [0.15, 0.2) is 51.7 Å². The number of rotatable bonds is 16. The van der Waals surface area contributed by atoms with E-state index in [9.17, 15) is 9.59 Å². The number of ether oxygens (including phenoxy) is 2. The molecule has 0 bridgehead atoms. The Labute approximate surface area is 205 Å². The van der Waals surface area contributed by atoms with E-state index in [1.807, 2.05) is 6.07 Å². The predicted molar refractivity (Wildman–Crippen MR) is 134 cm³/mol. The van der Waals surface area contributed by atoms with Crippen LogP contribution >= 0.6 is 0 Å². The van der Waals surface area contributed by atoms with E-state index in [0.29, 0.717) is 47.6 Å². The number of pyridine rings is 1. The van der Waals surface area contributed by atoms with Gasteiger partial charge in [-0.3, -0.25) is 4.79 Å². The Morgan fingerprint density at radius 3 is 2.26 bits per heavy atom. The monoisotopic (exact) mass is 476 g/mol. The van der Waals surface area contributed by atoms with Crippen molar-refractivity contribution in [1.29, 1.82) is 5.26 Å². The summed E-state index contributed by atoms with van der Waals surface area (Å²) < 4.78 is 15.9. The first-order valence-electron chi connectivity index (χ1n) is 12.3. The highest BCUT2D eigenvalue weighted by molar-refractivity contribution is 5.79. The van der Waals surface area contributed by atoms with Crippen LogP contribution in [-0.4, -0.2) is 24.7 Å². The van der Waals surface area contributed by atoms with Crippen molar-refractivity contribution in [3.63, 3.8) is 0 Å². The van der Waals surface area contributed by atoms with Crippen molar-refractivity contribution in [2.24, 2.45) is 0 Å². The molecule has 0 radical (unpaired) electrons. The van der Waals surface area contributed by atoms with Crippen LogP contribution in [0.2, 0.25) is 0 Å². The van der Waals surface area contributed by atoms with Gasteiger partial charge in [-0.2, -0.15) is 10.2 Å². The topological polar surface area (TPSA) is 102 Å². The number of carbonyl (C=O) groups excluding carboxylic acids is 1. The van der Waals surface area contributed by atoms with Gasteiger partial charge in [-0.25, -0.2) is 4.79 Å². The highest BCUT2D eigenvalue weighted by atomic mass is 16.5. The van der Waals surface area contributed by atoms with Crippen LogP contribution in [-0.2, 0) is 9.53 Å². The second-order valence-corrected chi connectivity index (χ2v) is 8.54. The number of hydrogen-bond acceptors (Lipinski definition) is 7. The van der Waals surface area contributed by atoms with Crippen LogP contribution in [0, 0.1) is 11.3 Å². The van der Waals surface area contributed by atoms with Gasteiger partial charge in [0.15, 0.2) is 0 Å². The second kappa shape index (κ2) is 14.6. The lowest BCUT2D eigenvalue weighted by atomic mass is 10.0.